The molecule has 2 aromatic rings. The van der Waals surface area contributed by atoms with E-state index in [1.165, 1.54) is 24.8 Å². The van der Waals surface area contributed by atoms with Crippen molar-refractivity contribution in [2.45, 2.75) is 51.6 Å². The molecule has 0 saturated heterocycles. The number of aromatic amines is 1. The number of urea groups is 1. The summed E-state index contributed by atoms with van der Waals surface area (Å²) in [5, 5.41) is 12.9. The van der Waals surface area contributed by atoms with Gasteiger partial charge in [-0.05, 0) is 19.8 Å². The van der Waals surface area contributed by atoms with Crippen molar-refractivity contribution < 1.29 is 4.79 Å². The monoisotopic (exact) mass is 313 g/mol. The lowest BCUT2D eigenvalue weighted by atomic mass is 9.96. The summed E-state index contributed by atoms with van der Waals surface area (Å²) >= 11 is 0. The molecule has 1 saturated carbocycles. The molecule has 2 amide bonds. The van der Waals surface area contributed by atoms with Crippen molar-refractivity contribution in [1.82, 2.24) is 25.8 Å². The molecule has 1 aliphatic rings. The van der Waals surface area contributed by atoms with Crippen molar-refractivity contribution in [2.75, 3.05) is 0 Å². The molecule has 0 spiro atoms. The van der Waals surface area contributed by atoms with Gasteiger partial charge in [-0.1, -0.05) is 49.1 Å². The summed E-state index contributed by atoms with van der Waals surface area (Å²) in [6, 6.07) is 8.21. The van der Waals surface area contributed by atoms with Crippen LogP contribution in [0.25, 0.3) is 11.4 Å². The van der Waals surface area contributed by atoms with Crippen LogP contribution in [0.5, 0.6) is 0 Å². The maximum absolute atomic E-state index is 11.9. The van der Waals surface area contributed by atoms with Gasteiger partial charge in [-0.2, -0.15) is 5.10 Å². The number of aromatic nitrogens is 3. The molecule has 1 aliphatic carbocycles. The number of hydrogen-bond donors (Lipinski definition) is 3. The average Bonchev–Trinajstić information content (AvgIpc) is 3.04. The van der Waals surface area contributed by atoms with Crippen LogP contribution in [-0.4, -0.2) is 27.3 Å². The molecule has 23 heavy (non-hydrogen) atoms. The van der Waals surface area contributed by atoms with Crippen LogP contribution in [0.4, 0.5) is 4.79 Å². The molecule has 1 aromatic heterocycles. The second-order valence-corrected chi connectivity index (χ2v) is 6.13. The van der Waals surface area contributed by atoms with Crippen molar-refractivity contribution in [3.63, 3.8) is 0 Å². The molecule has 6 heteroatoms. The summed E-state index contributed by atoms with van der Waals surface area (Å²) in [5.74, 6) is 1.30. The Hall–Kier alpha value is -2.37. The zero-order valence-electron chi connectivity index (χ0n) is 13.4. The fourth-order valence-electron chi connectivity index (χ4n) is 2.85. The normalized spacial score (nSPS) is 15.3. The lowest BCUT2D eigenvalue weighted by molar-refractivity contribution is 0.232. The molecule has 0 unspecified atom stereocenters. The predicted molar refractivity (Wildman–Crippen MR) is 88.8 cm³/mol. The van der Waals surface area contributed by atoms with Gasteiger partial charge in [0.2, 0.25) is 0 Å². The molecule has 1 fully saturated rings. The van der Waals surface area contributed by atoms with Gasteiger partial charge in [-0.15, -0.1) is 0 Å². The van der Waals surface area contributed by atoms with Gasteiger partial charge in [0.05, 0.1) is 6.54 Å². The number of nitrogens with zero attached hydrogens (tertiary/aromatic N) is 2. The second-order valence-electron chi connectivity index (χ2n) is 6.13. The Morgan fingerprint density at radius 3 is 2.70 bits per heavy atom. The van der Waals surface area contributed by atoms with Crippen molar-refractivity contribution in [3.05, 3.63) is 35.7 Å². The third-order valence-electron chi connectivity index (χ3n) is 4.20. The maximum Gasteiger partial charge on any atom is 0.315 e. The molecule has 0 bridgehead atoms. The quantitative estimate of drug-likeness (QED) is 0.811. The Labute approximate surface area is 136 Å². The highest BCUT2D eigenvalue weighted by Gasteiger charge is 2.15. The number of carbonyl (C=O) groups is 1. The Morgan fingerprint density at radius 1 is 1.22 bits per heavy atom. The standard InChI is InChI=1S/C17H23N5O/c1-12-7-9-13(10-8-12)16-20-15(21-22-16)11-18-17(23)19-14-5-3-2-4-6-14/h7-10,14H,2-6,11H2,1H3,(H2,18,19,23)(H,20,21,22). The largest absolute Gasteiger partial charge is 0.335 e. The summed E-state index contributed by atoms with van der Waals surface area (Å²) in [7, 11) is 0. The molecule has 1 aromatic carbocycles. The number of H-pyrrole nitrogens is 1. The van der Waals surface area contributed by atoms with E-state index in [-0.39, 0.29) is 6.03 Å². The lowest BCUT2D eigenvalue weighted by Gasteiger charge is -2.22. The van der Waals surface area contributed by atoms with Crippen molar-refractivity contribution >= 4 is 6.03 Å². The summed E-state index contributed by atoms with van der Waals surface area (Å²) < 4.78 is 0. The molecule has 0 atom stereocenters. The van der Waals surface area contributed by atoms with Crippen LogP contribution in [0.1, 0.15) is 43.5 Å². The van der Waals surface area contributed by atoms with Gasteiger partial charge in [-0.25, -0.2) is 9.78 Å². The van der Waals surface area contributed by atoms with E-state index in [1.54, 1.807) is 0 Å². The third kappa shape index (κ3) is 4.31. The fourth-order valence-corrected chi connectivity index (χ4v) is 2.85. The van der Waals surface area contributed by atoms with Gasteiger partial charge in [0.25, 0.3) is 0 Å². The van der Waals surface area contributed by atoms with E-state index in [2.05, 4.69) is 25.8 Å². The number of carbonyl (C=O) groups excluding carboxylic acids is 1. The Morgan fingerprint density at radius 2 is 1.96 bits per heavy atom. The Bertz CT molecular complexity index is 643. The molecule has 3 N–H and O–H groups in total. The molecule has 0 radical (unpaired) electrons. The zero-order valence-corrected chi connectivity index (χ0v) is 13.4. The van der Waals surface area contributed by atoms with Crippen LogP contribution < -0.4 is 10.6 Å². The highest BCUT2D eigenvalue weighted by molar-refractivity contribution is 5.74. The first-order chi connectivity index (χ1) is 11.2. The van der Waals surface area contributed by atoms with Crippen LogP contribution in [0.3, 0.4) is 0 Å². The first-order valence-electron chi connectivity index (χ1n) is 8.23. The summed E-state index contributed by atoms with van der Waals surface area (Å²) in [4.78, 5) is 16.3. The number of nitrogens with one attached hydrogen (secondary N) is 3. The van der Waals surface area contributed by atoms with Gasteiger partial charge >= 0.3 is 6.03 Å². The minimum atomic E-state index is -0.134. The molecule has 0 aliphatic heterocycles. The van der Waals surface area contributed by atoms with E-state index < -0.39 is 0 Å². The minimum absolute atomic E-state index is 0.134. The van der Waals surface area contributed by atoms with E-state index in [0.717, 1.165) is 18.4 Å². The number of benzene rings is 1. The number of hydrogen-bond acceptors (Lipinski definition) is 3. The fraction of sp³-hybridized carbons (Fsp3) is 0.471. The van der Waals surface area contributed by atoms with Crippen molar-refractivity contribution in [1.29, 1.82) is 0 Å². The van der Waals surface area contributed by atoms with Crippen molar-refractivity contribution in [2.24, 2.45) is 0 Å². The SMILES string of the molecule is Cc1ccc(-c2n[nH]c(CNC(=O)NC3CCCCC3)n2)cc1. The maximum atomic E-state index is 11.9. The van der Waals surface area contributed by atoms with E-state index in [1.807, 2.05) is 31.2 Å². The molecular formula is C17H23N5O. The highest BCUT2D eigenvalue weighted by atomic mass is 16.2. The smallest absolute Gasteiger partial charge is 0.315 e. The van der Waals surface area contributed by atoms with Crippen LogP contribution in [0, 0.1) is 6.92 Å². The van der Waals surface area contributed by atoms with E-state index >= 15 is 0 Å². The predicted octanol–water partition coefficient (Wildman–Crippen LogP) is 2.91. The van der Waals surface area contributed by atoms with Gasteiger partial charge in [0, 0.05) is 11.6 Å². The topological polar surface area (TPSA) is 82.7 Å². The van der Waals surface area contributed by atoms with Gasteiger partial charge in [0.15, 0.2) is 5.82 Å². The second kappa shape index (κ2) is 7.26. The molecule has 122 valence electrons. The van der Waals surface area contributed by atoms with Gasteiger partial charge in [0.1, 0.15) is 5.82 Å². The number of aryl methyl sites for hydroxylation is 1. The molecule has 6 nitrogen and oxygen atoms in total. The summed E-state index contributed by atoms with van der Waals surface area (Å²) in [5.41, 5.74) is 2.16. The third-order valence-corrected chi connectivity index (χ3v) is 4.20. The molecule has 3 rings (SSSR count). The molecular weight excluding hydrogens is 290 g/mol. The lowest BCUT2D eigenvalue weighted by Crippen LogP contribution is -2.42. The number of rotatable bonds is 4. The van der Waals surface area contributed by atoms with Crippen LogP contribution >= 0.6 is 0 Å². The van der Waals surface area contributed by atoms with E-state index in [9.17, 15) is 4.79 Å². The summed E-state index contributed by atoms with van der Waals surface area (Å²) in [6.45, 7) is 2.39. The summed E-state index contributed by atoms with van der Waals surface area (Å²) in [6.07, 6.45) is 5.83. The minimum Gasteiger partial charge on any atom is -0.335 e. The Kier molecular flexibility index (Phi) is 4.90. The van der Waals surface area contributed by atoms with E-state index in [0.29, 0.717) is 24.2 Å². The van der Waals surface area contributed by atoms with E-state index in [4.69, 9.17) is 0 Å². The van der Waals surface area contributed by atoms with Gasteiger partial charge in [-0.3, -0.25) is 5.10 Å². The average molecular weight is 313 g/mol. The first-order valence-corrected chi connectivity index (χ1v) is 8.23. The number of amides is 2. The highest BCUT2D eigenvalue weighted by Crippen LogP contribution is 2.17. The zero-order chi connectivity index (χ0) is 16.1. The van der Waals surface area contributed by atoms with Crippen LogP contribution in [0.15, 0.2) is 24.3 Å². The Balaban J connectivity index is 1.50. The van der Waals surface area contributed by atoms with Crippen LogP contribution in [-0.2, 0) is 6.54 Å². The van der Waals surface area contributed by atoms with Gasteiger partial charge < -0.3 is 10.6 Å². The van der Waals surface area contributed by atoms with Crippen LogP contribution in [0.2, 0.25) is 0 Å². The molecule has 1 heterocycles. The van der Waals surface area contributed by atoms with Crippen molar-refractivity contribution in [3.8, 4) is 11.4 Å². The first kappa shape index (κ1) is 15.5.